The van der Waals surface area contributed by atoms with Gasteiger partial charge in [-0.25, -0.2) is 13.2 Å². The Morgan fingerprint density at radius 3 is 2.22 bits per heavy atom. The van der Waals surface area contributed by atoms with Gasteiger partial charge >= 0.3 is 0 Å². The van der Waals surface area contributed by atoms with Gasteiger partial charge in [0.25, 0.3) is 5.91 Å². The van der Waals surface area contributed by atoms with Crippen LogP contribution in [-0.4, -0.2) is 30.7 Å². The molecule has 0 aromatic heterocycles. The Hall–Kier alpha value is -3.36. The minimum Gasteiger partial charge on any atom is -0.484 e. The summed E-state index contributed by atoms with van der Waals surface area (Å²) in [6.07, 6.45) is 0. The normalized spacial score (nSPS) is 10.2. The molecule has 0 aliphatic heterocycles. The van der Waals surface area contributed by atoms with E-state index in [1.165, 1.54) is 19.1 Å². The number of amides is 2. The summed E-state index contributed by atoms with van der Waals surface area (Å²) in [5.41, 5.74) is -0.0529. The van der Waals surface area contributed by atoms with E-state index in [1.807, 2.05) is 5.32 Å². The largest absolute Gasteiger partial charge is 0.484 e. The van der Waals surface area contributed by atoms with Gasteiger partial charge in [0.1, 0.15) is 5.75 Å². The second-order valence-electron chi connectivity index (χ2n) is 5.42. The molecule has 0 unspecified atom stereocenters. The predicted molar refractivity (Wildman–Crippen MR) is 89.9 cm³/mol. The molecule has 0 aliphatic carbocycles. The number of hydrogen-bond donors (Lipinski definition) is 2. The van der Waals surface area contributed by atoms with E-state index in [2.05, 4.69) is 5.32 Å². The lowest BCUT2D eigenvalue weighted by Gasteiger charge is -2.09. The number of anilines is 1. The summed E-state index contributed by atoms with van der Waals surface area (Å²) < 4.78 is 44.5. The van der Waals surface area contributed by atoms with Crippen molar-refractivity contribution in [1.29, 1.82) is 0 Å². The first-order valence-corrected chi connectivity index (χ1v) is 7.71. The molecule has 0 aliphatic rings. The zero-order chi connectivity index (χ0) is 20.0. The quantitative estimate of drug-likeness (QED) is 0.571. The van der Waals surface area contributed by atoms with Gasteiger partial charge in [-0.2, -0.15) is 0 Å². The fourth-order valence-corrected chi connectivity index (χ4v) is 1.98. The van der Waals surface area contributed by atoms with Crippen molar-refractivity contribution in [2.45, 2.75) is 6.92 Å². The SMILES string of the molecule is CC(=O)c1ccc(OCC(=O)NCC(=O)Nc2ccc(F)c(F)c2F)cc1. The van der Waals surface area contributed by atoms with E-state index in [4.69, 9.17) is 4.74 Å². The summed E-state index contributed by atoms with van der Waals surface area (Å²) in [4.78, 5) is 34.5. The predicted octanol–water partition coefficient (Wildman–Crippen LogP) is 2.44. The van der Waals surface area contributed by atoms with E-state index < -0.39 is 48.1 Å². The van der Waals surface area contributed by atoms with Gasteiger partial charge < -0.3 is 15.4 Å². The molecule has 0 bridgehead atoms. The van der Waals surface area contributed by atoms with Crippen LogP contribution in [0, 0.1) is 17.5 Å². The number of ketones is 1. The third kappa shape index (κ3) is 5.56. The Labute approximate surface area is 152 Å². The zero-order valence-corrected chi connectivity index (χ0v) is 14.1. The molecule has 2 N–H and O–H groups in total. The summed E-state index contributed by atoms with van der Waals surface area (Å²) in [6.45, 7) is 0.497. The van der Waals surface area contributed by atoms with Crippen LogP contribution in [0.4, 0.5) is 18.9 Å². The van der Waals surface area contributed by atoms with Crippen molar-refractivity contribution in [2.24, 2.45) is 0 Å². The van der Waals surface area contributed by atoms with Gasteiger partial charge in [-0.05, 0) is 43.3 Å². The molecule has 9 heteroatoms. The Bertz CT molecular complexity index is 870. The second-order valence-corrected chi connectivity index (χ2v) is 5.42. The van der Waals surface area contributed by atoms with E-state index in [1.54, 1.807) is 12.1 Å². The summed E-state index contributed by atoms with van der Waals surface area (Å²) in [7, 11) is 0. The number of Topliss-reactive ketones (excluding diaryl/α,β-unsaturated/α-hetero) is 1. The number of carbonyl (C=O) groups excluding carboxylic acids is 3. The Morgan fingerprint density at radius 1 is 0.926 bits per heavy atom. The lowest BCUT2D eigenvalue weighted by atomic mass is 10.1. The highest BCUT2D eigenvalue weighted by Gasteiger charge is 2.15. The number of rotatable bonds is 7. The topological polar surface area (TPSA) is 84.5 Å². The molecule has 0 fully saturated rings. The van der Waals surface area contributed by atoms with Crippen LogP contribution >= 0.6 is 0 Å². The lowest BCUT2D eigenvalue weighted by molar-refractivity contribution is -0.125. The van der Waals surface area contributed by atoms with Crippen LogP contribution in [0.2, 0.25) is 0 Å². The van der Waals surface area contributed by atoms with Gasteiger partial charge in [0.05, 0.1) is 12.2 Å². The first-order chi connectivity index (χ1) is 12.8. The van der Waals surface area contributed by atoms with E-state index in [-0.39, 0.29) is 5.78 Å². The van der Waals surface area contributed by atoms with Crippen molar-refractivity contribution in [3.63, 3.8) is 0 Å². The maximum atomic E-state index is 13.5. The minimum atomic E-state index is -1.71. The van der Waals surface area contributed by atoms with Crippen LogP contribution in [0.3, 0.4) is 0 Å². The molecule has 0 spiro atoms. The molecule has 142 valence electrons. The van der Waals surface area contributed by atoms with Crippen LogP contribution in [0.25, 0.3) is 0 Å². The fraction of sp³-hybridized carbons (Fsp3) is 0.167. The van der Waals surface area contributed by atoms with Crippen molar-refractivity contribution in [3.05, 3.63) is 59.4 Å². The average Bonchev–Trinajstić information content (AvgIpc) is 2.65. The number of carbonyl (C=O) groups is 3. The number of ether oxygens (including phenoxy) is 1. The molecule has 27 heavy (non-hydrogen) atoms. The van der Waals surface area contributed by atoms with Gasteiger partial charge in [-0.1, -0.05) is 0 Å². The molecular formula is C18H15F3N2O4. The van der Waals surface area contributed by atoms with Crippen molar-refractivity contribution in [1.82, 2.24) is 5.32 Å². The van der Waals surface area contributed by atoms with Crippen molar-refractivity contribution < 1.29 is 32.3 Å². The van der Waals surface area contributed by atoms with E-state index in [0.717, 1.165) is 6.07 Å². The van der Waals surface area contributed by atoms with E-state index in [9.17, 15) is 27.6 Å². The number of hydrogen-bond acceptors (Lipinski definition) is 4. The second kappa shape index (κ2) is 8.84. The van der Waals surface area contributed by atoms with Crippen molar-refractivity contribution >= 4 is 23.3 Å². The summed E-state index contributed by atoms with van der Waals surface area (Å²) in [5, 5.41) is 4.24. The van der Waals surface area contributed by atoms with Crippen LogP contribution in [0.1, 0.15) is 17.3 Å². The number of halogens is 3. The molecule has 2 amide bonds. The van der Waals surface area contributed by atoms with Gasteiger partial charge in [0, 0.05) is 5.56 Å². The van der Waals surface area contributed by atoms with Crippen molar-refractivity contribution in [2.75, 3.05) is 18.5 Å². The number of nitrogens with one attached hydrogen (secondary N) is 2. The Morgan fingerprint density at radius 2 is 1.59 bits per heavy atom. The molecule has 0 atom stereocenters. The zero-order valence-electron chi connectivity index (χ0n) is 14.1. The standard InChI is InChI=1S/C18H15F3N2O4/c1-10(24)11-2-4-12(5-3-11)27-9-16(26)22-8-15(25)23-14-7-6-13(19)17(20)18(14)21/h2-7H,8-9H2,1H3,(H,22,26)(H,23,25). The summed E-state index contributed by atoms with van der Waals surface area (Å²) >= 11 is 0. The molecule has 0 saturated carbocycles. The van der Waals surface area contributed by atoms with Crippen molar-refractivity contribution in [3.8, 4) is 5.75 Å². The van der Waals surface area contributed by atoms with E-state index >= 15 is 0 Å². The highest BCUT2D eigenvalue weighted by Crippen LogP contribution is 2.19. The molecule has 0 saturated heterocycles. The van der Waals surface area contributed by atoms with Crippen LogP contribution in [0.15, 0.2) is 36.4 Å². The lowest BCUT2D eigenvalue weighted by Crippen LogP contribution is -2.36. The maximum Gasteiger partial charge on any atom is 0.258 e. The molecule has 6 nitrogen and oxygen atoms in total. The first-order valence-electron chi connectivity index (χ1n) is 7.71. The summed E-state index contributed by atoms with van der Waals surface area (Å²) in [6, 6.07) is 7.64. The highest BCUT2D eigenvalue weighted by atomic mass is 19.2. The average molecular weight is 380 g/mol. The molecule has 2 aromatic carbocycles. The Balaban J connectivity index is 1.79. The van der Waals surface area contributed by atoms with Crippen LogP contribution < -0.4 is 15.4 Å². The minimum absolute atomic E-state index is 0.109. The molecule has 2 aromatic rings. The molecule has 0 heterocycles. The van der Waals surface area contributed by atoms with Crippen LogP contribution in [-0.2, 0) is 9.59 Å². The monoisotopic (exact) mass is 380 g/mol. The summed E-state index contributed by atoms with van der Waals surface area (Å²) in [5.74, 6) is -5.85. The van der Waals surface area contributed by atoms with Gasteiger partial charge in [-0.15, -0.1) is 0 Å². The first kappa shape index (κ1) is 20.0. The van der Waals surface area contributed by atoms with Crippen LogP contribution in [0.5, 0.6) is 5.75 Å². The van der Waals surface area contributed by atoms with E-state index in [0.29, 0.717) is 17.4 Å². The molecular weight excluding hydrogens is 365 g/mol. The maximum absolute atomic E-state index is 13.5. The third-order valence-electron chi connectivity index (χ3n) is 3.39. The van der Waals surface area contributed by atoms with Gasteiger partial charge in [-0.3, -0.25) is 14.4 Å². The molecule has 2 rings (SSSR count). The van der Waals surface area contributed by atoms with Gasteiger partial charge in [0.15, 0.2) is 29.8 Å². The Kier molecular flexibility index (Phi) is 6.53. The number of benzene rings is 2. The highest BCUT2D eigenvalue weighted by molar-refractivity contribution is 5.95. The molecule has 0 radical (unpaired) electrons. The van der Waals surface area contributed by atoms with Gasteiger partial charge in [0.2, 0.25) is 5.91 Å². The third-order valence-corrected chi connectivity index (χ3v) is 3.39. The smallest absolute Gasteiger partial charge is 0.258 e. The fourth-order valence-electron chi connectivity index (χ4n) is 1.98.